The second-order valence-electron chi connectivity index (χ2n) is 9.48. The number of rotatable bonds is 5. The van der Waals surface area contributed by atoms with Crippen LogP contribution in [0.1, 0.15) is 51.0 Å². The number of amides is 3. The molecule has 0 aliphatic carbocycles. The van der Waals surface area contributed by atoms with Gasteiger partial charge >= 0.3 is 0 Å². The van der Waals surface area contributed by atoms with Crippen molar-refractivity contribution in [1.29, 1.82) is 0 Å². The number of nitrogens with zero attached hydrogens (tertiary/aromatic N) is 2. The molecule has 0 bridgehead atoms. The molecule has 1 N–H and O–H groups in total. The van der Waals surface area contributed by atoms with E-state index in [0.717, 1.165) is 46.3 Å². The van der Waals surface area contributed by atoms with Gasteiger partial charge in [0.1, 0.15) is 0 Å². The molecule has 1 fully saturated rings. The van der Waals surface area contributed by atoms with Crippen molar-refractivity contribution in [2.75, 3.05) is 32.0 Å². The Hall–Kier alpha value is -3.15. The van der Waals surface area contributed by atoms with Crippen LogP contribution in [0.5, 0.6) is 0 Å². The van der Waals surface area contributed by atoms with E-state index >= 15 is 0 Å². The maximum absolute atomic E-state index is 13.1. The molecular formula is C27H35N3O3. The van der Waals surface area contributed by atoms with Gasteiger partial charge in [-0.2, -0.15) is 0 Å². The lowest BCUT2D eigenvalue weighted by Gasteiger charge is -2.34. The minimum absolute atomic E-state index is 0.0207. The maximum atomic E-state index is 13.1. The molecule has 1 saturated heterocycles. The van der Waals surface area contributed by atoms with Crippen LogP contribution >= 0.6 is 0 Å². The molecule has 0 saturated carbocycles. The van der Waals surface area contributed by atoms with E-state index in [1.165, 1.54) is 4.90 Å². The number of aryl methyl sites for hydroxylation is 5. The van der Waals surface area contributed by atoms with Crippen LogP contribution in [0.4, 0.5) is 5.69 Å². The molecule has 1 aliphatic heterocycles. The van der Waals surface area contributed by atoms with Crippen molar-refractivity contribution in [3.05, 3.63) is 63.7 Å². The Balaban J connectivity index is 1.62. The Kier molecular flexibility index (Phi) is 7.57. The number of likely N-dealkylation sites (N-methyl/N-ethyl adjacent to an activating group) is 1. The van der Waals surface area contributed by atoms with Crippen molar-refractivity contribution in [3.63, 3.8) is 0 Å². The molecule has 1 atom stereocenters. The van der Waals surface area contributed by atoms with Gasteiger partial charge in [0.05, 0.1) is 12.5 Å². The molecule has 3 rings (SSSR count). The molecule has 2 aromatic rings. The zero-order valence-corrected chi connectivity index (χ0v) is 20.6. The zero-order chi connectivity index (χ0) is 24.3. The highest BCUT2D eigenvalue weighted by molar-refractivity contribution is 5.97. The van der Waals surface area contributed by atoms with Crippen molar-refractivity contribution in [1.82, 2.24) is 9.80 Å². The number of benzene rings is 2. The van der Waals surface area contributed by atoms with Crippen LogP contribution in [0.3, 0.4) is 0 Å². The number of nitrogens with one attached hydrogen (secondary N) is 1. The lowest BCUT2D eigenvalue weighted by molar-refractivity contribution is -0.138. The minimum atomic E-state index is -0.297. The summed E-state index contributed by atoms with van der Waals surface area (Å²) < 4.78 is 0. The normalized spacial score (nSPS) is 15.8. The number of piperidine rings is 1. The molecule has 6 nitrogen and oxygen atoms in total. The van der Waals surface area contributed by atoms with E-state index in [4.69, 9.17) is 0 Å². The maximum Gasteiger partial charge on any atom is 0.253 e. The Morgan fingerprint density at radius 1 is 0.939 bits per heavy atom. The topological polar surface area (TPSA) is 69.7 Å². The highest BCUT2D eigenvalue weighted by atomic mass is 16.2. The van der Waals surface area contributed by atoms with E-state index in [2.05, 4.69) is 5.32 Å². The van der Waals surface area contributed by atoms with Crippen molar-refractivity contribution in [3.8, 4) is 0 Å². The molecule has 0 radical (unpaired) electrons. The van der Waals surface area contributed by atoms with Gasteiger partial charge in [-0.1, -0.05) is 34.9 Å². The third-order valence-corrected chi connectivity index (χ3v) is 6.22. The van der Waals surface area contributed by atoms with Gasteiger partial charge in [0.15, 0.2) is 0 Å². The van der Waals surface area contributed by atoms with Crippen LogP contribution in [0.15, 0.2) is 30.3 Å². The molecule has 2 aromatic carbocycles. The lowest BCUT2D eigenvalue weighted by Crippen LogP contribution is -2.47. The Bertz CT molecular complexity index is 1030. The van der Waals surface area contributed by atoms with Gasteiger partial charge in [0, 0.05) is 31.4 Å². The average molecular weight is 450 g/mol. The van der Waals surface area contributed by atoms with Crippen molar-refractivity contribution in [2.24, 2.45) is 5.92 Å². The average Bonchev–Trinajstić information content (AvgIpc) is 2.74. The Labute approximate surface area is 197 Å². The molecule has 3 amide bonds. The Morgan fingerprint density at radius 3 is 2.12 bits per heavy atom. The molecule has 1 aliphatic rings. The Morgan fingerprint density at radius 2 is 1.52 bits per heavy atom. The van der Waals surface area contributed by atoms with Crippen molar-refractivity contribution in [2.45, 2.75) is 47.5 Å². The first-order valence-electron chi connectivity index (χ1n) is 11.6. The van der Waals surface area contributed by atoms with Gasteiger partial charge in [-0.25, -0.2) is 0 Å². The number of carbonyl (C=O) groups is 3. The van der Waals surface area contributed by atoms with Crippen LogP contribution in [0.2, 0.25) is 0 Å². The highest BCUT2D eigenvalue weighted by Gasteiger charge is 2.31. The van der Waals surface area contributed by atoms with E-state index in [-0.39, 0.29) is 30.2 Å². The summed E-state index contributed by atoms with van der Waals surface area (Å²) in [5.41, 5.74) is 6.71. The first kappa shape index (κ1) is 24.5. The molecule has 0 aromatic heterocycles. The largest absolute Gasteiger partial charge is 0.338 e. The number of hydrogen-bond donors (Lipinski definition) is 1. The predicted molar refractivity (Wildman–Crippen MR) is 131 cm³/mol. The van der Waals surface area contributed by atoms with Crippen LogP contribution in [0.25, 0.3) is 0 Å². The van der Waals surface area contributed by atoms with Crippen LogP contribution in [0, 0.1) is 40.5 Å². The predicted octanol–water partition coefficient (Wildman–Crippen LogP) is 4.18. The lowest BCUT2D eigenvalue weighted by atomic mass is 9.95. The summed E-state index contributed by atoms with van der Waals surface area (Å²) in [5.74, 6) is -0.653. The summed E-state index contributed by atoms with van der Waals surface area (Å²) in [6.07, 6.45) is 1.49. The fraction of sp³-hybridized carbons (Fsp3) is 0.444. The quantitative estimate of drug-likeness (QED) is 0.745. The minimum Gasteiger partial charge on any atom is -0.338 e. The SMILES string of the molecule is Cc1cc(C)cc(C(=O)N2CCCC(C(=O)N(C)CC(=O)Nc3c(C)cc(C)cc3C)C2)c1. The number of carbonyl (C=O) groups excluding carboxylic acids is 3. The van der Waals surface area contributed by atoms with E-state index in [9.17, 15) is 14.4 Å². The summed E-state index contributed by atoms with van der Waals surface area (Å²) in [6, 6.07) is 9.89. The van der Waals surface area contributed by atoms with Crippen molar-refractivity contribution >= 4 is 23.4 Å². The number of anilines is 1. The van der Waals surface area contributed by atoms with Gasteiger partial charge in [0.2, 0.25) is 11.8 Å². The molecule has 1 unspecified atom stereocenters. The molecular weight excluding hydrogens is 414 g/mol. The first-order valence-corrected chi connectivity index (χ1v) is 11.6. The van der Waals surface area contributed by atoms with E-state index < -0.39 is 0 Å². The second kappa shape index (κ2) is 10.2. The van der Waals surface area contributed by atoms with Crippen LogP contribution in [-0.2, 0) is 9.59 Å². The van der Waals surface area contributed by atoms with E-state index in [1.807, 2.05) is 65.0 Å². The first-order chi connectivity index (χ1) is 15.5. The van der Waals surface area contributed by atoms with Crippen molar-refractivity contribution < 1.29 is 14.4 Å². The fourth-order valence-corrected chi connectivity index (χ4v) is 4.81. The smallest absolute Gasteiger partial charge is 0.253 e. The fourth-order valence-electron chi connectivity index (χ4n) is 4.81. The third-order valence-electron chi connectivity index (χ3n) is 6.22. The molecule has 33 heavy (non-hydrogen) atoms. The monoisotopic (exact) mass is 449 g/mol. The molecule has 1 heterocycles. The number of likely N-dealkylation sites (tertiary alicyclic amines) is 1. The standard InChI is InChI=1S/C27H35N3O3/c1-17-10-18(2)14-23(13-17)27(33)30-9-7-8-22(15-30)26(32)29(6)16-24(31)28-25-20(4)11-19(3)12-21(25)5/h10-14,22H,7-9,15-16H2,1-6H3,(H,28,31). The van der Waals surface area contributed by atoms with Gasteiger partial charge in [-0.05, 0) is 70.7 Å². The van der Waals surface area contributed by atoms with Gasteiger partial charge in [-0.15, -0.1) is 0 Å². The number of hydrogen-bond acceptors (Lipinski definition) is 3. The third kappa shape index (κ3) is 6.01. The summed E-state index contributed by atoms with van der Waals surface area (Å²) in [6.45, 7) is 10.9. The van der Waals surface area contributed by atoms with Gasteiger partial charge in [-0.3, -0.25) is 14.4 Å². The molecule has 6 heteroatoms. The summed E-state index contributed by atoms with van der Waals surface area (Å²) in [7, 11) is 1.65. The van der Waals surface area contributed by atoms with Crippen LogP contribution in [-0.4, -0.2) is 54.2 Å². The van der Waals surface area contributed by atoms with Gasteiger partial charge < -0.3 is 15.1 Å². The van der Waals surface area contributed by atoms with E-state index in [1.54, 1.807) is 11.9 Å². The second-order valence-corrected chi connectivity index (χ2v) is 9.48. The van der Waals surface area contributed by atoms with Crippen LogP contribution < -0.4 is 5.32 Å². The van der Waals surface area contributed by atoms with E-state index in [0.29, 0.717) is 18.7 Å². The van der Waals surface area contributed by atoms with Gasteiger partial charge in [0.25, 0.3) is 5.91 Å². The molecule has 0 spiro atoms. The zero-order valence-electron chi connectivity index (χ0n) is 20.6. The summed E-state index contributed by atoms with van der Waals surface area (Å²) >= 11 is 0. The molecule has 176 valence electrons. The summed E-state index contributed by atoms with van der Waals surface area (Å²) in [5, 5.41) is 2.96. The summed E-state index contributed by atoms with van der Waals surface area (Å²) in [4.78, 5) is 42.0. The highest BCUT2D eigenvalue weighted by Crippen LogP contribution is 2.23.